The maximum atomic E-state index is 12.8. The Kier molecular flexibility index (Phi) is 9.50. The van der Waals surface area contributed by atoms with Crippen LogP contribution in [0.15, 0.2) is 24.4 Å². The van der Waals surface area contributed by atoms with E-state index in [2.05, 4.69) is 15.3 Å². The van der Waals surface area contributed by atoms with Crippen LogP contribution in [0.4, 0.5) is 0 Å². The molecule has 0 aromatic carbocycles. The van der Waals surface area contributed by atoms with Gasteiger partial charge >= 0.3 is 0 Å². The van der Waals surface area contributed by atoms with Gasteiger partial charge in [-0.2, -0.15) is 0 Å². The third-order valence-corrected chi connectivity index (χ3v) is 5.75. The summed E-state index contributed by atoms with van der Waals surface area (Å²) in [4.78, 5) is 24.5. The first-order valence-corrected chi connectivity index (χ1v) is 9.33. The highest BCUT2D eigenvalue weighted by molar-refractivity contribution is 7.17. The molecule has 3 rings (SSSR count). The van der Waals surface area contributed by atoms with E-state index in [0.717, 1.165) is 59.7 Å². The molecule has 0 spiro atoms. The smallest absolute Gasteiger partial charge is 0.265 e. The largest absolute Gasteiger partial charge is 0.338 e. The van der Waals surface area contributed by atoms with E-state index in [0.29, 0.717) is 0 Å². The van der Waals surface area contributed by atoms with E-state index in [-0.39, 0.29) is 30.7 Å². The van der Waals surface area contributed by atoms with Crippen molar-refractivity contribution in [3.05, 3.63) is 35.0 Å². The highest BCUT2D eigenvalue weighted by atomic mass is 35.5. The predicted octanol–water partition coefficient (Wildman–Crippen LogP) is 3.82. The van der Waals surface area contributed by atoms with Gasteiger partial charge in [0.25, 0.3) is 5.91 Å². The molecule has 26 heavy (non-hydrogen) atoms. The number of carbonyl (C=O) groups is 1. The van der Waals surface area contributed by atoms with E-state index in [1.165, 1.54) is 17.8 Å². The van der Waals surface area contributed by atoms with Crippen LogP contribution in [0.2, 0.25) is 0 Å². The van der Waals surface area contributed by atoms with Gasteiger partial charge in [-0.15, -0.1) is 36.2 Å². The van der Waals surface area contributed by atoms with Gasteiger partial charge in [-0.05, 0) is 57.8 Å². The monoisotopic (exact) mass is 416 g/mol. The lowest BCUT2D eigenvalue weighted by Gasteiger charge is -2.31. The third kappa shape index (κ3) is 5.39. The molecule has 1 aliphatic heterocycles. The molecule has 1 N–H and O–H groups in total. The normalized spacial score (nSPS) is 14.5. The Morgan fingerprint density at radius 3 is 2.65 bits per heavy atom. The van der Waals surface area contributed by atoms with Crippen molar-refractivity contribution >= 4 is 42.1 Å². The Balaban J connectivity index is 0.00000169. The van der Waals surface area contributed by atoms with E-state index >= 15 is 0 Å². The van der Waals surface area contributed by atoms with Gasteiger partial charge in [0.15, 0.2) is 0 Å². The fourth-order valence-electron chi connectivity index (χ4n) is 3.11. The minimum Gasteiger partial charge on any atom is -0.338 e. The molecule has 0 atom stereocenters. The molecular weight excluding hydrogens is 391 g/mol. The highest BCUT2D eigenvalue weighted by Crippen LogP contribution is 2.29. The van der Waals surface area contributed by atoms with Gasteiger partial charge < -0.3 is 10.2 Å². The zero-order valence-electron chi connectivity index (χ0n) is 15.1. The molecule has 0 radical (unpaired) electrons. The quantitative estimate of drug-likeness (QED) is 0.804. The molecule has 0 aliphatic carbocycles. The number of carbonyl (C=O) groups excluding carboxylic acids is 1. The van der Waals surface area contributed by atoms with Gasteiger partial charge in [-0.3, -0.25) is 9.78 Å². The van der Waals surface area contributed by atoms with E-state index in [1.54, 1.807) is 6.20 Å². The molecular formula is C18H26Cl2N4OS. The van der Waals surface area contributed by atoms with Crippen molar-refractivity contribution in [2.75, 3.05) is 26.7 Å². The van der Waals surface area contributed by atoms with Crippen LogP contribution in [0.3, 0.4) is 0 Å². The van der Waals surface area contributed by atoms with Crippen molar-refractivity contribution in [1.82, 2.24) is 20.2 Å². The van der Waals surface area contributed by atoms with E-state index < -0.39 is 0 Å². The van der Waals surface area contributed by atoms with Crippen LogP contribution >= 0.6 is 36.2 Å². The first-order valence-electron chi connectivity index (χ1n) is 8.51. The Morgan fingerprint density at radius 1 is 1.31 bits per heavy atom. The van der Waals surface area contributed by atoms with E-state index in [4.69, 9.17) is 0 Å². The Labute approximate surface area is 171 Å². The summed E-state index contributed by atoms with van der Waals surface area (Å²) in [5.74, 6) is 0.854. The summed E-state index contributed by atoms with van der Waals surface area (Å²) in [6.07, 6.45) is 5.14. The Bertz CT molecular complexity index is 688. The maximum Gasteiger partial charge on any atom is 0.265 e. The number of piperidine rings is 1. The molecule has 5 nitrogen and oxygen atoms in total. The highest BCUT2D eigenvalue weighted by Gasteiger charge is 2.26. The number of halogens is 2. The number of rotatable bonds is 5. The number of likely N-dealkylation sites (tertiary alicyclic amines) is 1. The fourth-order valence-corrected chi connectivity index (χ4v) is 4.12. The molecule has 8 heteroatoms. The molecule has 2 aromatic heterocycles. The van der Waals surface area contributed by atoms with Gasteiger partial charge in [0.2, 0.25) is 0 Å². The molecule has 1 fully saturated rings. The summed E-state index contributed by atoms with van der Waals surface area (Å²) in [6.45, 7) is 4.67. The number of hydrogen-bond donors (Lipinski definition) is 1. The SMILES string of the molecule is CNCCC1CCN(C(=O)c2sc(-c3ccccn3)nc2C)CC1.Cl.Cl. The molecule has 1 aliphatic rings. The molecule has 144 valence electrons. The summed E-state index contributed by atoms with van der Waals surface area (Å²) >= 11 is 1.45. The van der Waals surface area contributed by atoms with E-state index in [9.17, 15) is 4.79 Å². The molecule has 0 unspecified atom stereocenters. The lowest BCUT2D eigenvalue weighted by molar-refractivity contribution is 0.0691. The number of nitrogens with one attached hydrogen (secondary N) is 1. The standard InChI is InChI=1S/C18H24N4OS.2ClH/c1-13-16(24-17(21-13)15-5-3-4-9-20-15)18(23)22-11-7-14(8-12-22)6-10-19-2;;/h3-5,9,14,19H,6-8,10-12H2,1-2H3;2*1H. The summed E-state index contributed by atoms with van der Waals surface area (Å²) in [7, 11) is 1.99. The summed E-state index contributed by atoms with van der Waals surface area (Å²) in [6, 6.07) is 5.75. The van der Waals surface area contributed by atoms with Crippen LogP contribution in [0, 0.1) is 12.8 Å². The molecule has 3 heterocycles. The number of thiazole rings is 1. The molecule has 1 amide bonds. The Morgan fingerprint density at radius 2 is 2.04 bits per heavy atom. The van der Waals surface area contributed by atoms with Crippen molar-refractivity contribution in [2.24, 2.45) is 5.92 Å². The van der Waals surface area contributed by atoms with Gasteiger partial charge in [0.1, 0.15) is 9.88 Å². The Hall–Kier alpha value is -1.21. The van der Waals surface area contributed by atoms with Crippen LogP contribution in [0.25, 0.3) is 10.7 Å². The lowest BCUT2D eigenvalue weighted by atomic mass is 9.93. The van der Waals surface area contributed by atoms with Crippen LogP contribution < -0.4 is 5.32 Å². The van der Waals surface area contributed by atoms with Gasteiger partial charge in [0, 0.05) is 19.3 Å². The fraction of sp³-hybridized carbons (Fsp3) is 0.500. The zero-order valence-corrected chi connectivity index (χ0v) is 17.6. The van der Waals surface area contributed by atoms with Crippen molar-refractivity contribution in [2.45, 2.75) is 26.2 Å². The molecule has 0 bridgehead atoms. The number of pyridine rings is 1. The average Bonchev–Trinajstić information content (AvgIpc) is 3.02. The lowest BCUT2D eigenvalue weighted by Crippen LogP contribution is -2.38. The van der Waals surface area contributed by atoms with Crippen LogP contribution in [0.5, 0.6) is 0 Å². The van der Waals surface area contributed by atoms with Crippen LogP contribution in [-0.2, 0) is 0 Å². The number of amides is 1. The second kappa shape index (κ2) is 10.8. The van der Waals surface area contributed by atoms with Gasteiger partial charge in [-0.1, -0.05) is 6.07 Å². The minimum absolute atomic E-state index is 0. The summed E-state index contributed by atoms with van der Waals surface area (Å²) in [5.41, 5.74) is 1.64. The average molecular weight is 417 g/mol. The molecule has 2 aromatic rings. The second-order valence-corrected chi connectivity index (χ2v) is 7.28. The molecule has 0 saturated carbocycles. The van der Waals surface area contributed by atoms with Crippen LogP contribution in [-0.4, -0.2) is 47.5 Å². The second-order valence-electron chi connectivity index (χ2n) is 6.28. The number of aryl methyl sites for hydroxylation is 1. The molecule has 1 saturated heterocycles. The number of aromatic nitrogens is 2. The van der Waals surface area contributed by atoms with Crippen molar-refractivity contribution < 1.29 is 4.79 Å². The van der Waals surface area contributed by atoms with Gasteiger partial charge in [0.05, 0.1) is 11.4 Å². The van der Waals surface area contributed by atoms with Gasteiger partial charge in [-0.25, -0.2) is 4.98 Å². The first kappa shape index (κ1) is 22.8. The minimum atomic E-state index is 0. The predicted molar refractivity (Wildman–Crippen MR) is 112 cm³/mol. The van der Waals surface area contributed by atoms with E-state index in [1.807, 2.05) is 37.1 Å². The maximum absolute atomic E-state index is 12.8. The summed E-state index contributed by atoms with van der Waals surface area (Å²) in [5, 5.41) is 4.03. The van der Waals surface area contributed by atoms with Crippen molar-refractivity contribution in [3.63, 3.8) is 0 Å². The van der Waals surface area contributed by atoms with Crippen molar-refractivity contribution in [1.29, 1.82) is 0 Å². The third-order valence-electron chi connectivity index (χ3n) is 4.58. The first-order chi connectivity index (χ1) is 11.7. The topological polar surface area (TPSA) is 58.1 Å². The zero-order chi connectivity index (χ0) is 16.9. The number of nitrogens with zero attached hydrogens (tertiary/aromatic N) is 3. The van der Waals surface area contributed by atoms with Crippen LogP contribution in [0.1, 0.15) is 34.6 Å². The van der Waals surface area contributed by atoms with Crippen molar-refractivity contribution in [3.8, 4) is 10.7 Å². The number of hydrogen-bond acceptors (Lipinski definition) is 5. The summed E-state index contributed by atoms with van der Waals surface area (Å²) < 4.78 is 0.